The first-order chi connectivity index (χ1) is 14.6. The lowest BCUT2D eigenvalue weighted by atomic mass is 10.1. The predicted octanol–water partition coefficient (Wildman–Crippen LogP) is 4.36. The van der Waals surface area contributed by atoms with E-state index in [0.29, 0.717) is 12.1 Å². The lowest BCUT2D eigenvalue weighted by Crippen LogP contribution is -2.27. The van der Waals surface area contributed by atoms with E-state index < -0.39 is 5.97 Å². The van der Waals surface area contributed by atoms with Gasteiger partial charge in [0.1, 0.15) is 5.82 Å². The average molecular weight is 405 g/mol. The molecule has 1 N–H and O–H groups in total. The molecule has 4 rings (SSSR count). The highest BCUT2D eigenvalue weighted by Crippen LogP contribution is 2.23. The van der Waals surface area contributed by atoms with Crippen LogP contribution in [0, 0.1) is 0 Å². The second kappa shape index (κ2) is 8.69. The Balaban J connectivity index is 1.71. The van der Waals surface area contributed by atoms with Crippen LogP contribution in [-0.4, -0.2) is 44.5 Å². The van der Waals surface area contributed by atoms with Crippen molar-refractivity contribution in [1.29, 1.82) is 0 Å². The van der Waals surface area contributed by atoms with E-state index in [0.717, 1.165) is 67.6 Å². The molecule has 1 fully saturated rings. The third-order valence-corrected chi connectivity index (χ3v) is 5.76. The van der Waals surface area contributed by atoms with Gasteiger partial charge in [0, 0.05) is 31.6 Å². The smallest absolute Gasteiger partial charge is 0.335 e. The summed E-state index contributed by atoms with van der Waals surface area (Å²) in [6.07, 6.45) is 5.13. The third-order valence-electron chi connectivity index (χ3n) is 5.76. The van der Waals surface area contributed by atoms with Crippen molar-refractivity contribution >= 4 is 22.9 Å². The first-order valence-corrected chi connectivity index (χ1v) is 10.7. The standard InChI is InChI=1S/C24H27N3O3/c1-2-3-6-22-25-20-12-11-19(23(28)26-13-4-5-14-26)15-21(20)27(22)16-17-7-9-18(10-8-17)24(29)30/h7-12,15H,2-6,13-14,16H2,1H3,(H,29,30). The van der Waals surface area contributed by atoms with Gasteiger partial charge in [-0.25, -0.2) is 9.78 Å². The van der Waals surface area contributed by atoms with Crippen LogP contribution in [0.1, 0.15) is 64.7 Å². The number of hydrogen-bond donors (Lipinski definition) is 1. The Kier molecular flexibility index (Phi) is 5.84. The number of benzene rings is 2. The van der Waals surface area contributed by atoms with Crippen molar-refractivity contribution in [3.8, 4) is 0 Å². The van der Waals surface area contributed by atoms with Gasteiger partial charge >= 0.3 is 5.97 Å². The van der Waals surface area contributed by atoms with E-state index in [9.17, 15) is 9.59 Å². The van der Waals surface area contributed by atoms with Gasteiger partial charge in [0.15, 0.2) is 0 Å². The minimum absolute atomic E-state index is 0.0862. The van der Waals surface area contributed by atoms with Crippen LogP contribution in [-0.2, 0) is 13.0 Å². The normalized spacial score (nSPS) is 13.8. The summed E-state index contributed by atoms with van der Waals surface area (Å²) in [5.41, 5.74) is 3.83. The molecule has 30 heavy (non-hydrogen) atoms. The zero-order valence-electron chi connectivity index (χ0n) is 17.3. The van der Waals surface area contributed by atoms with Crippen LogP contribution >= 0.6 is 0 Å². The molecule has 0 bridgehead atoms. The Morgan fingerprint density at radius 3 is 2.40 bits per heavy atom. The molecule has 1 aliphatic heterocycles. The molecule has 0 atom stereocenters. The highest BCUT2D eigenvalue weighted by Gasteiger charge is 2.21. The van der Waals surface area contributed by atoms with E-state index in [4.69, 9.17) is 10.1 Å². The maximum Gasteiger partial charge on any atom is 0.335 e. The fourth-order valence-electron chi connectivity index (χ4n) is 4.05. The van der Waals surface area contributed by atoms with Crippen molar-refractivity contribution in [2.24, 2.45) is 0 Å². The highest BCUT2D eigenvalue weighted by molar-refractivity contribution is 5.97. The molecule has 6 heteroatoms. The molecule has 156 valence electrons. The number of amides is 1. The second-order valence-corrected chi connectivity index (χ2v) is 7.92. The number of imidazole rings is 1. The number of carboxylic acids is 1. The zero-order valence-corrected chi connectivity index (χ0v) is 17.3. The quantitative estimate of drug-likeness (QED) is 0.634. The SMILES string of the molecule is CCCCc1nc2ccc(C(=O)N3CCCC3)cc2n1Cc1ccc(C(=O)O)cc1. The number of unbranched alkanes of at least 4 members (excludes halogenated alkanes) is 1. The van der Waals surface area contributed by atoms with Gasteiger partial charge in [-0.1, -0.05) is 25.5 Å². The van der Waals surface area contributed by atoms with E-state index in [-0.39, 0.29) is 11.5 Å². The maximum absolute atomic E-state index is 12.9. The Morgan fingerprint density at radius 2 is 1.73 bits per heavy atom. The maximum atomic E-state index is 12.9. The van der Waals surface area contributed by atoms with Gasteiger partial charge in [-0.15, -0.1) is 0 Å². The molecule has 1 aliphatic rings. The fraction of sp³-hybridized carbons (Fsp3) is 0.375. The molecule has 1 amide bonds. The molecule has 2 heterocycles. The molecule has 0 radical (unpaired) electrons. The van der Waals surface area contributed by atoms with Gasteiger partial charge in [-0.2, -0.15) is 0 Å². The van der Waals surface area contributed by atoms with Crippen LogP contribution in [0.3, 0.4) is 0 Å². The number of carboxylic acid groups (broad SMARTS) is 1. The van der Waals surface area contributed by atoms with Crippen LogP contribution < -0.4 is 0 Å². The summed E-state index contributed by atoms with van der Waals surface area (Å²) >= 11 is 0. The topological polar surface area (TPSA) is 75.4 Å². The number of carbonyl (C=O) groups is 2. The molecule has 1 aromatic heterocycles. The number of aromatic nitrogens is 2. The molecule has 6 nitrogen and oxygen atoms in total. The van der Waals surface area contributed by atoms with Crippen LogP contribution in [0.15, 0.2) is 42.5 Å². The number of likely N-dealkylation sites (tertiary alicyclic amines) is 1. The van der Waals surface area contributed by atoms with Crippen molar-refractivity contribution < 1.29 is 14.7 Å². The van der Waals surface area contributed by atoms with Crippen molar-refractivity contribution in [2.75, 3.05) is 13.1 Å². The lowest BCUT2D eigenvalue weighted by molar-refractivity contribution is 0.0696. The molecule has 1 saturated heterocycles. The first kappa shape index (κ1) is 20.1. The van der Waals surface area contributed by atoms with Crippen LogP contribution in [0.2, 0.25) is 0 Å². The summed E-state index contributed by atoms with van der Waals surface area (Å²) in [6.45, 7) is 4.41. The van der Waals surface area contributed by atoms with E-state index >= 15 is 0 Å². The number of hydrogen-bond acceptors (Lipinski definition) is 3. The Labute approximate surface area is 176 Å². The van der Waals surface area contributed by atoms with Gasteiger partial charge < -0.3 is 14.6 Å². The molecule has 0 unspecified atom stereocenters. The fourth-order valence-corrected chi connectivity index (χ4v) is 4.05. The van der Waals surface area contributed by atoms with E-state index in [1.807, 2.05) is 35.2 Å². The number of rotatable bonds is 7. The minimum atomic E-state index is -0.927. The van der Waals surface area contributed by atoms with Gasteiger partial charge in [0.25, 0.3) is 5.91 Å². The van der Waals surface area contributed by atoms with E-state index in [1.54, 1.807) is 12.1 Å². The summed E-state index contributed by atoms with van der Waals surface area (Å²) in [6, 6.07) is 12.7. The highest BCUT2D eigenvalue weighted by atomic mass is 16.4. The van der Waals surface area contributed by atoms with Gasteiger partial charge in [0.05, 0.1) is 16.6 Å². The van der Waals surface area contributed by atoms with Crippen LogP contribution in [0.25, 0.3) is 11.0 Å². The average Bonchev–Trinajstić information content (AvgIpc) is 3.40. The Bertz CT molecular complexity index is 1060. The summed E-state index contributed by atoms with van der Waals surface area (Å²) in [5, 5.41) is 9.14. The zero-order chi connectivity index (χ0) is 21.1. The third kappa shape index (κ3) is 4.08. The van der Waals surface area contributed by atoms with Gasteiger partial charge in [-0.05, 0) is 55.2 Å². The van der Waals surface area contributed by atoms with Gasteiger partial charge in [0.2, 0.25) is 0 Å². The summed E-state index contributed by atoms with van der Waals surface area (Å²) in [7, 11) is 0. The lowest BCUT2D eigenvalue weighted by Gasteiger charge is -2.15. The minimum Gasteiger partial charge on any atom is -0.478 e. The number of aromatic carboxylic acids is 1. The predicted molar refractivity (Wildman–Crippen MR) is 116 cm³/mol. The largest absolute Gasteiger partial charge is 0.478 e. The molecule has 0 aliphatic carbocycles. The summed E-state index contributed by atoms with van der Waals surface area (Å²) in [5.74, 6) is 0.159. The molecule has 2 aromatic carbocycles. The first-order valence-electron chi connectivity index (χ1n) is 10.7. The van der Waals surface area contributed by atoms with E-state index in [2.05, 4.69) is 11.5 Å². The molecule has 0 saturated carbocycles. The summed E-state index contributed by atoms with van der Waals surface area (Å²) in [4.78, 5) is 30.8. The van der Waals surface area contributed by atoms with E-state index in [1.165, 1.54) is 0 Å². The van der Waals surface area contributed by atoms with Crippen LogP contribution in [0.4, 0.5) is 0 Å². The molecule has 3 aromatic rings. The van der Waals surface area contributed by atoms with Gasteiger partial charge in [-0.3, -0.25) is 4.79 Å². The number of fused-ring (bicyclic) bond motifs is 1. The molecular weight excluding hydrogens is 378 g/mol. The molecular formula is C24H27N3O3. The van der Waals surface area contributed by atoms with Crippen LogP contribution in [0.5, 0.6) is 0 Å². The van der Waals surface area contributed by atoms with Crippen molar-refractivity contribution in [2.45, 2.75) is 45.6 Å². The van der Waals surface area contributed by atoms with Crippen molar-refractivity contribution in [3.63, 3.8) is 0 Å². The number of carbonyl (C=O) groups excluding carboxylic acids is 1. The second-order valence-electron chi connectivity index (χ2n) is 7.92. The number of nitrogens with zero attached hydrogens (tertiary/aromatic N) is 3. The Morgan fingerprint density at radius 1 is 1.03 bits per heavy atom. The Hall–Kier alpha value is -3.15. The number of aryl methyl sites for hydroxylation is 1. The van der Waals surface area contributed by atoms with Crippen molar-refractivity contribution in [1.82, 2.24) is 14.5 Å². The molecule has 0 spiro atoms. The van der Waals surface area contributed by atoms with Crippen molar-refractivity contribution in [3.05, 3.63) is 65.0 Å². The monoisotopic (exact) mass is 405 g/mol. The summed E-state index contributed by atoms with van der Waals surface area (Å²) < 4.78 is 2.17.